The summed E-state index contributed by atoms with van der Waals surface area (Å²) in [4.78, 5) is 11.8. The van der Waals surface area contributed by atoms with Crippen molar-refractivity contribution in [1.29, 1.82) is 0 Å². The fraction of sp³-hybridized carbons (Fsp3) is 0.133. The Bertz CT molecular complexity index is 754. The smallest absolute Gasteiger partial charge is 0.339 e. The van der Waals surface area contributed by atoms with Crippen LogP contribution in [-0.4, -0.2) is 21.5 Å². The number of rotatable bonds is 4. The molecule has 0 amide bonds. The number of methoxy groups -OCH3 is 1. The number of sulfone groups is 1. The zero-order valence-corrected chi connectivity index (χ0v) is 12.3. The summed E-state index contributed by atoms with van der Waals surface area (Å²) in [6.07, 6.45) is 0. The quantitative estimate of drug-likeness (QED) is 0.690. The number of nitrogen functional groups attached to an aromatic ring is 1. The highest BCUT2D eigenvalue weighted by molar-refractivity contribution is 7.90. The van der Waals surface area contributed by atoms with Crippen molar-refractivity contribution in [3.05, 3.63) is 59.7 Å². The molecule has 5 nitrogen and oxygen atoms in total. The lowest BCUT2D eigenvalue weighted by Gasteiger charge is -2.10. The molecule has 0 unspecified atom stereocenters. The van der Waals surface area contributed by atoms with Gasteiger partial charge in [-0.3, -0.25) is 0 Å². The molecule has 21 heavy (non-hydrogen) atoms. The third kappa shape index (κ3) is 3.22. The summed E-state index contributed by atoms with van der Waals surface area (Å²) in [5.74, 6) is -0.861. The Hall–Kier alpha value is -2.34. The Morgan fingerprint density at radius 1 is 1.10 bits per heavy atom. The summed E-state index contributed by atoms with van der Waals surface area (Å²) in [5, 5.41) is 0. The fourth-order valence-corrected chi connectivity index (χ4v) is 3.34. The molecule has 0 bridgehead atoms. The summed E-state index contributed by atoms with van der Waals surface area (Å²) in [7, 11) is -2.27. The van der Waals surface area contributed by atoms with Gasteiger partial charge in [0, 0.05) is 0 Å². The molecule has 0 radical (unpaired) electrons. The lowest BCUT2D eigenvalue weighted by atomic mass is 10.1. The minimum absolute atomic E-state index is 0.129. The molecule has 0 fully saturated rings. The van der Waals surface area contributed by atoms with Gasteiger partial charge in [0.25, 0.3) is 0 Å². The lowest BCUT2D eigenvalue weighted by Crippen LogP contribution is -2.11. The first-order valence-electron chi connectivity index (χ1n) is 6.19. The third-order valence-electron chi connectivity index (χ3n) is 3.05. The zero-order chi connectivity index (χ0) is 15.5. The molecule has 2 rings (SSSR count). The Balaban J connectivity index is 2.39. The highest BCUT2D eigenvalue weighted by atomic mass is 32.2. The lowest BCUT2D eigenvalue weighted by molar-refractivity contribution is 0.0602. The number of anilines is 1. The van der Waals surface area contributed by atoms with Crippen LogP contribution < -0.4 is 5.73 Å². The van der Waals surface area contributed by atoms with Gasteiger partial charge < -0.3 is 10.5 Å². The summed E-state index contributed by atoms with van der Waals surface area (Å²) in [6, 6.07) is 12.8. The number of para-hydroxylation sites is 1. The molecule has 2 aromatic rings. The standard InChI is InChI=1S/C15H15NO4S/c1-20-15(17)13-9-5-6-11(14(13)16)10-21(18,19)12-7-3-2-4-8-12/h2-9H,10,16H2,1H3. The number of hydrogen-bond acceptors (Lipinski definition) is 5. The van der Waals surface area contributed by atoms with Gasteiger partial charge in [0.05, 0.1) is 29.0 Å². The monoisotopic (exact) mass is 305 g/mol. The Kier molecular flexibility index (Phi) is 4.28. The number of carbonyl (C=O) groups is 1. The molecular formula is C15H15NO4S. The van der Waals surface area contributed by atoms with Gasteiger partial charge in [0.2, 0.25) is 0 Å². The molecule has 0 aromatic heterocycles. The van der Waals surface area contributed by atoms with E-state index in [1.54, 1.807) is 30.3 Å². The van der Waals surface area contributed by atoms with Crippen LogP contribution in [0.1, 0.15) is 15.9 Å². The highest BCUT2D eigenvalue weighted by Gasteiger charge is 2.19. The average molecular weight is 305 g/mol. The maximum Gasteiger partial charge on any atom is 0.339 e. The molecule has 0 atom stereocenters. The molecule has 0 saturated carbocycles. The average Bonchev–Trinajstić information content (AvgIpc) is 2.49. The number of carbonyl (C=O) groups excluding carboxylic acids is 1. The summed E-state index contributed by atoms with van der Waals surface area (Å²) >= 11 is 0. The van der Waals surface area contributed by atoms with Crippen LogP contribution in [0.15, 0.2) is 53.4 Å². The van der Waals surface area contributed by atoms with Crippen LogP contribution in [0.3, 0.4) is 0 Å². The van der Waals surface area contributed by atoms with Crippen LogP contribution in [0.25, 0.3) is 0 Å². The molecule has 0 spiro atoms. The molecule has 0 saturated heterocycles. The predicted molar refractivity (Wildman–Crippen MR) is 79.5 cm³/mol. The number of esters is 1. The van der Waals surface area contributed by atoms with Gasteiger partial charge in [0.15, 0.2) is 9.84 Å². The van der Waals surface area contributed by atoms with Crippen LogP contribution in [0.5, 0.6) is 0 Å². The molecule has 110 valence electrons. The minimum atomic E-state index is -3.52. The largest absolute Gasteiger partial charge is 0.465 e. The van der Waals surface area contributed by atoms with Crippen molar-refractivity contribution in [3.8, 4) is 0 Å². The van der Waals surface area contributed by atoms with Gasteiger partial charge >= 0.3 is 5.97 Å². The molecule has 2 N–H and O–H groups in total. The first-order valence-corrected chi connectivity index (χ1v) is 7.84. The molecular weight excluding hydrogens is 290 g/mol. The van der Waals surface area contributed by atoms with Crippen molar-refractivity contribution < 1.29 is 17.9 Å². The molecule has 0 heterocycles. The van der Waals surface area contributed by atoms with E-state index in [4.69, 9.17) is 5.73 Å². The van der Waals surface area contributed by atoms with Gasteiger partial charge in [-0.2, -0.15) is 0 Å². The van der Waals surface area contributed by atoms with Crippen LogP contribution in [-0.2, 0) is 20.3 Å². The first-order chi connectivity index (χ1) is 9.95. The fourth-order valence-electron chi connectivity index (χ4n) is 1.94. The van der Waals surface area contributed by atoms with E-state index < -0.39 is 15.8 Å². The normalized spacial score (nSPS) is 11.1. The number of nitrogens with two attached hydrogens (primary N) is 1. The maximum atomic E-state index is 12.3. The van der Waals surface area contributed by atoms with Gasteiger partial charge in [0.1, 0.15) is 0 Å². The first kappa shape index (κ1) is 15.1. The second-order valence-electron chi connectivity index (χ2n) is 4.44. The van der Waals surface area contributed by atoms with Crippen molar-refractivity contribution in [2.75, 3.05) is 12.8 Å². The maximum absolute atomic E-state index is 12.3. The Morgan fingerprint density at radius 3 is 2.38 bits per heavy atom. The van der Waals surface area contributed by atoms with Gasteiger partial charge in [-0.05, 0) is 23.8 Å². The zero-order valence-electron chi connectivity index (χ0n) is 11.4. The number of ether oxygens (including phenoxy) is 1. The highest BCUT2D eigenvalue weighted by Crippen LogP contribution is 2.23. The van der Waals surface area contributed by atoms with Gasteiger partial charge in [-0.15, -0.1) is 0 Å². The Labute approximate surface area is 123 Å². The van der Waals surface area contributed by atoms with Crippen molar-refractivity contribution in [2.24, 2.45) is 0 Å². The third-order valence-corrected chi connectivity index (χ3v) is 4.73. The van der Waals surface area contributed by atoms with E-state index in [1.165, 1.54) is 25.3 Å². The van der Waals surface area contributed by atoms with E-state index in [2.05, 4.69) is 4.74 Å². The van der Waals surface area contributed by atoms with Gasteiger partial charge in [-0.1, -0.05) is 30.3 Å². The minimum Gasteiger partial charge on any atom is -0.465 e. The van der Waals surface area contributed by atoms with E-state index in [1.807, 2.05) is 0 Å². The molecule has 2 aromatic carbocycles. The van der Waals surface area contributed by atoms with Crippen LogP contribution in [0, 0.1) is 0 Å². The second kappa shape index (κ2) is 5.97. The number of hydrogen-bond donors (Lipinski definition) is 1. The van der Waals surface area contributed by atoms with E-state index in [-0.39, 0.29) is 21.9 Å². The van der Waals surface area contributed by atoms with Crippen LogP contribution in [0.4, 0.5) is 5.69 Å². The SMILES string of the molecule is COC(=O)c1cccc(CS(=O)(=O)c2ccccc2)c1N. The van der Waals surface area contributed by atoms with E-state index in [0.717, 1.165) is 0 Å². The van der Waals surface area contributed by atoms with Crippen molar-refractivity contribution >= 4 is 21.5 Å². The van der Waals surface area contributed by atoms with Crippen molar-refractivity contribution in [2.45, 2.75) is 10.6 Å². The predicted octanol–water partition coefficient (Wildman–Crippen LogP) is 2.03. The molecule has 6 heteroatoms. The van der Waals surface area contributed by atoms with E-state index in [0.29, 0.717) is 5.56 Å². The molecule has 0 aliphatic heterocycles. The van der Waals surface area contributed by atoms with Crippen molar-refractivity contribution in [1.82, 2.24) is 0 Å². The van der Waals surface area contributed by atoms with E-state index in [9.17, 15) is 13.2 Å². The van der Waals surface area contributed by atoms with E-state index >= 15 is 0 Å². The van der Waals surface area contributed by atoms with Crippen molar-refractivity contribution in [3.63, 3.8) is 0 Å². The second-order valence-corrected chi connectivity index (χ2v) is 6.43. The van der Waals surface area contributed by atoms with Crippen LogP contribution in [0.2, 0.25) is 0 Å². The van der Waals surface area contributed by atoms with Gasteiger partial charge in [-0.25, -0.2) is 13.2 Å². The van der Waals surface area contributed by atoms with Crippen LogP contribution >= 0.6 is 0 Å². The summed E-state index contributed by atoms with van der Waals surface area (Å²) in [5.41, 5.74) is 6.55. The molecule has 0 aliphatic rings. The summed E-state index contributed by atoms with van der Waals surface area (Å²) in [6.45, 7) is 0. The Morgan fingerprint density at radius 2 is 1.76 bits per heavy atom. The molecule has 0 aliphatic carbocycles. The topological polar surface area (TPSA) is 86.5 Å². The number of benzene rings is 2. The summed E-state index contributed by atoms with van der Waals surface area (Å²) < 4.78 is 29.3.